The van der Waals surface area contributed by atoms with Gasteiger partial charge < -0.3 is 15.5 Å². The fourth-order valence-electron chi connectivity index (χ4n) is 3.12. The average molecular weight is 425 g/mol. The fraction of sp³-hybridized carbons (Fsp3) is 0.526. The number of carbonyl (C=O) groups excluding carboxylic acids is 3. The molecule has 1 atom stereocenters. The molecule has 0 aliphatic carbocycles. The van der Waals surface area contributed by atoms with Gasteiger partial charge in [-0.25, -0.2) is 8.42 Å². The van der Waals surface area contributed by atoms with Crippen LogP contribution in [0.5, 0.6) is 0 Å². The van der Waals surface area contributed by atoms with Crippen LogP contribution in [0.3, 0.4) is 0 Å². The molecular formula is C19H28N4O5S. The van der Waals surface area contributed by atoms with Gasteiger partial charge in [-0.1, -0.05) is 29.8 Å². The number of sulfonamides is 1. The number of aryl methyl sites for hydroxylation is 1. The minimum atomic E-state index is -3.63. The third-order valence-electron chi connectivity index (χ3n) is 5.10. The van der Waals surface area contributed by atoms with Crippen LogP contribution in [0.15, 0.2) is 24.3 Å². The molecule has 3 amide bonds. The summed E-state index contributed by atoms with van der Waals surface area (Å²) >= 11 is 0. The lowest BCUT2D eigenvalue weighted by molar-refractivity contribution is -0.150. The molecule has 1 aliphatic rings. The molecule has 0 aromatic heterocycles. The molecule has 160 valence electrons. The first kappa shape index (κ1) is 22.8. The maximum Gasteiger partial charge on any atom is 0.247 e. The van der Waals surface area contributed by atoms with Gasteiger partial charge in [-0.2, -0.15) is 4.31 Å². The Morgan fingerprint density at radius 2 is 1.93 bits per heavy atom. The number of piperazine rings is 1. The number of hydrogen-bond donors (Lipinski definition) is 2. The molecule has 1 aromatic rings. The van der Waals surface area contributed by atoms with Gasteiger partial charge in [0.15, 0.2) is 0 Å². The van der Waals surface area contributed by atoms with Crippen LogP contribution in [0.1, 0.15) is 18.1 Å². The van der Waals surface area contributed by atoms with Crippen molar-refractivity contribution in [2.45, 2.75) is 25.8 Å². The second-order valence-corrected chi connectivity index (χ2v) is 9.51. The van der Waals surface area contributed by atoms with E-state index in [1.54, 1.807) is 0 Å². The van der Waals surface area contributed by atoms with E-state index in [2.05, 4.69) is 10.6 Å². The van der Waals surface area contributed by atoms with Crippen LogP contribution in [-0.2, 0) is 30.8 Å². The van der Waals surface area contributed by atoms with E-state index in [0.717, 1.165) is 21.7 Å². The Hall–Kier alpha value is -2.46. The topological polar surface area (TPSA) is 116 Å². The summed E-state index contributed by atoms with van der Waals surface area (Å²) in [6.45, 7) is 3.16. The van der Waals surface area contributed by atoms with Crippen LogP contribution < -0.4 is 10.6 Å². The summed E-state index contributed by atoms with van der Waals surface area (Å²) < 4.78 is 24.6. The molecule has 0 saturated carbocycles. The zero-order valence-corrected chi connectivity index (χ0v) is 18.0. The van der Waals surface area contributed by atoms with Crippen molar-refractivity contribution in [2.24, 2.45) is 0 Å². The number of likely N-dealkylation sites (N-methyl/N-ethyl adjacent to an activating group) is 1. The zero-order chi connectivity index (χ0) is 21.8. The molecule has 0 spiro atoms. The lowest BCUT2D eigenvalue weighted by Crippen LogP contribution is -2.68. The molecule has 0 radical (unpaired) electrons. The SMILES string of the molecule is Cc1cccc(CCNC(=O)CNC(=O)[C@]2(C)CN(S(C)(=O)=O)CC(=O)N2C)c1. The van der Waals surface area contributed by atoms with Crippen molar-refractivity contribution in [3.63, 3.8) is 0 Å². The summed E-state index contributed by atoms with van der Waals surface area (Å²) in [4.78, 5) is 38.1. The zero-order valence-electron chi connectivity index (χ0n) is 17.2. The van der Waals surface area contributed by atoms with Crippen LogP contribution in [0, 0.1) is 6.92 Å². The minimum absolute atomic E-state index is 0.172. The maximum absolute atomic E-state index is 12.7. The summed E-state index contributed by atoms with van der Waals surface area (Å²) in [6.07, 6.45) is 1.66. The number of rotatable bonds is 7. The predicted molar refractivity (Wildman–Crippen MR) is 108 cm³/mol. The molecule has 2 N–H and O–H groups in total. The van der Waals surface area contributed by atoms with Crippen molar-refractivity contribution in [2.75, 3.05) is 39.5 Å². The van der Waals surface area contributed by atoms with Crippen LogP contribution in [0.25, 0.3) is 0 Å². The Labute approximate surface area is 171 Å². The van der Waals surface area contributed by atoms with E-state index in [-0.39, 0.29) is 25.5 Å². The van der Waals surface area contributed by atoms with Gasteiger partial charge in [-0.05, 0) is 25.8 Å². The van der Waals surface area contributed by atoms with Gasteiger partial charge in [0.05, 0.1) is 19.3 Å². The van der Waals surface area contributed by atoms with Crippen molar-refractivity contribution >= 4 is 27.7 Å². The van der Waals surface area contributed by atoms with Gasteiger partial charge in [-0.15, -0.1) is 0 Å². The Morgan fingerprint density at radius 1 is 1.24 bits per heavy atom. The monoisotopic (exact) mass is 424 g/mol. The highest BCUT2D eigenvalue weighted by Gasteiger charge is 2.47. The number of benzene rings is 1. The predicted octanol–water partition coefficient (Wildman–Crippen LogP) is -0.738. The van der Waals surface area contributed by atoms with E-state index in [9.17, 15) is 22.8 Å². The molecule has 1 saturated heterocycles. The Balaban J connectivity index is 1.89. The summed E-state index contributed by atoms with van der Waals surface area (Å²) in [5, 5.41) is 5.24. The van der Waals surface area contributed by atoms with E-state index in [1.165, 1.54) is 18.9 Å². The molecule has 29 heavy (non-hydrogen) atoms. The highest BCUT2D eigenvalue weighted by atomic mass is 32.2. The number of carbonyl (C=O) groups is 3. The Kier molecular flexibility index (Phi) is 7.02. The highest BCUT2D eigenvalue weighted by Crippen LogP contribution is 2.22. The van der Waals surface area contributed by atoms with Crippen molar-refractivity contribution in [1.29, 1.82) is 0 Å². The van der Waals surface area contributed by atoms with E-state index in [4.69, 9.17) is 0 Å². The first-order valence-corrected chi connectivity index (χ1v) is 11.1. The third-order valence-corrected chi connectivity index (χ3v) is 6.29. The normalized spacial score (nSPS) is 20.4. The number of nitrogens with zero attached hydrogens (tertiary/aromatic N) is 2. The molecule has 9 nitrogen and oxygen atoms in total. The molecule has 0 bridgehead atoms. The highest BCUT2D eigenvalue weighted by molar-refractivity contribution is 7.88. The first-order valence-electron chi connectivity index (χ1n) is 9.26. The molecule has 0 unspecified atom stereocenters. The van der Waals surface area contributed by atoms with Crippen LogP contribution >= 0.6 is 0 Å². The fourth-order valence-corrected chi connectivity index (χ4v) is 3.95. The van der Waals surface area contributed by atoms with Gasteiger partial charge in [0.1, 0.15) is 5.54 Å². The largest absolute Gasteiger partial charge is 0.354 e. The van der Waals surface area contributed by atoms with E-state index in [1.807, 2.05) is 31.2 Å². The standard InChI is InChI=1S/C19H28N4O5S/c1-14-6-5-7-15(10-14)8-9-20-16(24)11-21-18(26)19(2)13-23(29(4,27)28)12-17(25)22(19)3/h5-7,10H,8-9,11-13H2,1-4H3,(H,20,24)(H,21,26)/t19-/m0/s1. The van der Waals surface area contributed by atoms with Gasteiger partial charge in [0.2, 0.25) is 27.7 Å². The average Bonchev–Trinajstić information content (AvgIpc) is 2.63. The van der Waals surface area contributed by atoms with Gasteiger partial charge in [-0.3, -0.25) is 14.4 Å². The Morgan fingerprint density at radius 3 is 2.55 bits per heavy atom. The molecule has 1 aliphatic heterocycles. The van der Waals surface area contributed by atoms with Crippen LogP contribution in [0.4, 0.5) is 0 Å². The summed E-state index contributed by atoms with van der Waals surface area (Å²) in [5.74, 6) is -1.43. The van der Waals surface area contributed by atoms with Crippen molar-refractivity contribution in [3.8, 4) is 0 Å². The first-order chi connectivity index (χ1) is 13.4. The molecular weight excluding hydrogens is 396 g/mol. The third kappa shape index (κ3) is 5.77. The van der Waals surface area contributed by atoms with Crippen molar-refractivity contribution < 1.29 is 22.8 Å². The number of hydrogen-bond acceptors (Lipinski definition) is 5. The smallest absolute Gasteiger partial charge is 0.247 e. The maximum atomic E-state index is 12.7. The van der Waals surface area contributed by atoms with Crippen LogP contribution in [-0.4, -0.2) is 80.4 Å². The molecule has 2 rings (SSSR count). The molecule has 1 fully saturated rings. The van der Waals surface area contributed by atoms with E-state index in [0.29, 0.717) is 13.0 Å². The second-order valence-electron chi connectivity index (χ2n) is 7.53. The molecule has 10 heteroatoms. The quantitative estimate of drug-likeness (QED) is 0.598. The second kappa shape index (κ2) is 8.91. The summed E-state index contributed by atoms with van der Waals surface area (Å²) in [7, 11) is -2.19. The lowest BCUT2D eigenvalue weighted by atomic mass is 9.96. The summed E-state index contributed by atoms with van der Waals surface area (Å²) in [6, 6.07) is 7.97. The van der Waals surface area contributed by atoms with Gasteiger partial charge >= 0.3 is 0 Å². The van der Waals surface area contributed by atoms with E-state index < -0.39 is 27.4 Å². The number of amides is 3. The number of nitrogens with one attached hydrogen (secondary N) is 2. The van der Waals surface area contributed by atoms with E-state index >= 15 is 0 Å². The summed E-state index contributed by atoms with van der Waals surface area (Å²) in [5.41, 5.74) is 0.842. The Bertz CT molecular complexity index is 902. The van der Waals surface area contributed by atoms with Crippen molar-refractivity contribution in [1.82, 2.24) is 19.8 Å². The van der Waals surface area contributed by atoms with Crippen LogP contribution in [0.2, 0.25) is 0 Å². The molecule has 1 heterocycles. The lowest BCUT2D eigenvalue weighted by Gasteiger charge is -2.44. The van der Waals surface area contributed by atoms with Gasteiger partial charge in [0.25, 0.3) is 0 Å². The minimum Gasteiger partial charge on any atom is -0.354 e. The molecule has 1 aromatic carbocycles. The van der Waals surface area contributed by atoms with Gasteiger partial charge in [0, 0.05) is 20.1 Å². The van der Waals surface area contributed by atoms with Crippen molar-refractivity contribution in [3.05, 3.63) is 35.4 Å².